The molecule has 0 unspecified atom stereocenters. The van der Waals surface area contributed by atoms with Crippen LogP contribution in [0.3, 0.4) is 0 Å². The zero-order valence-corrected chi connectivity index (χ0v) is 20.9. The van der Waals surface area contributed by atoms with Gasteiger partial charge < -0.3 is 19.4 Å². The molecule has 188 valence electrons. The van der Waals surface area contributed by atoms with E-state index in [1.54, 1.807) is 24.3 Å². The Morgan fingerprint density at radius 1 is 0.973 bits per heavy atom. The van der Waals surface area contributed by atoms with Crippen LogP contribution in [-0.2, 0) is 32.1 Å². The third-order valence-corrected chi connectivity index (χ3v) is 6.91. The van der Waals surface area contributed by atoms with E-state index in [9.17, 15) is 14.4 Å². The van der Waals surface area contributed by atoms with E-state index in [0.29, 0.717) is 12.0 Å². The Kier molecular flexibility index (Phi) is 6.97. The minimum absolute atomic E-state index is 0.168. The number of H-pyrrole nitrogens is 1. The number of halogens is 1. The highest BCUT2D eigenvalue weighted by molar-refractivity contribution is 6.27. The Hall–Kier alpha value is -4.10. The number of ether oxygens (including phenoxy) is 2. The molecule has 5 rings (SSSR count). The molecule has 0 fully saturated rings. The van der Waals surface area contributed by atoms with Crippen molar-refractivity contribution in [3.63, 3.8) is 0 Å². The molecule has 7 nitrogen and oxygen atoms in total. The fourth-order valence-electron chi connectivity index (χ4n) is 4.94. The monoisotopic (exact) mass is 516 g/mol. The van der Waals surface area contributed by atoms with Gasteiger partial charge in [-0.1, -0.05) is 60.7 Å². The molecule has 4 aromatic rings. The van der Waals surface area contributed by atoms with Crippen LogP contribution in [0.15, 0.2) is 78.9 Å². The van der Waals surface area contributed by atoms with Crippen molar-refractivity contribution >= 4 is 40.3 Å². The lowest BCUT2D eigenvalue weighted by molar-refractivity contribution is -0.154. The molecule has 8 heteroatoms. The summed E-state index contributed by atoms with van der Waals surface area (Å²) in [6, 6.07) is 22.6. The molecule has 2 heterocycles. The zero-order valence-electron chi connectivity index (χ0n) is 20.1. The van der Waals surface area contributed by atoms with Crippen molar-refractivity contribution < 1.29 is 23.9 Å². The number of hydrogen-bond donors (Lipinski definition) is 1. The molecule has 1 amide bonds. The first-order valence-electron chi connectivity index (χ1n) is 11.9. The minimum atomic E-state index is -0.844. The Balaban J connectivity index is 1.52. The van der Waals surface area contributed by atoms with Gasteiger partial charge in [0.05, 0.1) is 18.7 Å². The SMILES string of the molecule is COC(=O)[C@H]1Cc2c([nH]c3ccccc23)[C@H](c2ccc(C(=O)OCc3ccccc3)cc2)N1C(=O)CCl. The van der Waals surface area contributed by atoms with Crippen LogP contribution in [0.5, 0.6) is 0 Å². The van der Waals surface area contributed by atoms with Crippen LogP contribution in [0.4, 0.5) is 0 Å². The van der Waals surface area contributed by atoms with Crippen molar-refractivity contribution in [3.05, 3.63) is 107 Å². The second-order valence-electron chi connectivity index (χ2n) is 8.83. The van der Waals surface area contributed by atoms with Crippen molar-refractivity contribution in [1.82, 2.24) is 9.88 Å². The van der Waals surface area contributed by atoms with E-state index in [2.05, 4.69) is 4.98 Å². The van der Waals surface area contributed by atoms with Crippen molar-refractivity contribution in [2.24, 2.45) is 0 Å². The summed E-state index contributed by atoms with van der Waals surface area (Å²) in [4.78, 5) is 43.5. The van der Waals surface area contributed by atoms with Gasteiger partial charge in [-0.05, 0) is 34.9 Å². The van der Waals surface area contributed by atoms with Crippen molar-refractivity contribution in [1.29, 1.82) is 0 Å². The molecule has 3 aromatic carbocycles. The standard InChI is InChI=1S/C29H25ClN2O5/c1-36-29(35)24-15-22-21-9-5-6-10-23(21)31-26(22)27(32(24)25(33)16-30)19-11-13-20(14-12-19)28(34)37-17-18-7-3-2-4-8-18/h2-14,24,27,31H,15-17H2,1H3/t24-,27+/m1/s1. The molecule has 0 bridgehead atoms. The molecule has 0 radical (unpaired) electrons. The summed E-state index contributed by atoms with van der Waals surface area (Å²) in [5.74, 6) is -1.64. The van der Waals surface area contributed by atoms with E-state index in [0.717, 1.165) is 33.3 Å². The van der Waals surface area contributed by atoms with Gasteiger partial charge in [0.25, 0.3) is 0 Å². The summed E-state index contributed by atoms with van der Waals surface area (Å²) in [5.41, 5.74) is 4.65. The lowest BCUT2D eigenvalue weighted by Gasteiger charge is -2.40. The quantitative estimate of drug-likeness (QED) is 0.294. The van der Waals surface area contributed by atoms with Crippen LogP contribution in [0, 0.1) is 0 Å². The number of benzene rings is 3. The maximum absolute atomic E-state index is 13.1. The highest BCUT2D eigenvalue weighted by Gasteiger charge is 2.43. The lowest BCUT2D eigenvalue weighted by Crippen LogP contribution is -2.52. The molecule has 0 aliphatic carbocycles. The fourth-order valence-corrected chi connectivity index (χ4v) is 5.08. The second-order valence-corrected chi connectivity index (χ2v) is 9.09. The normalized spacial score (nSPS) is 16.8. The number of nitrogens with zero attached hydrogens (tertiary/aromatic N) is 1. The molecule has 0 saturated heterocycles. The van der Waals surface area contributed by atoms with Crippen molar-refractivity contribution in [2.75, 3.05) is 13.0 Å². The third-order valence-electron chi connectivity index (χ3n) is 6.68. The number of fused-ring (bicyclic) bond motifs is 3. The number of para-hydroxylation sites is 1. The molecule has 2 atom stereocenters. The maximum atomic E-state index is 13.1. The van der Waals surface area contributed by atoms with Gasteiger partial charge in [-0.15, -0.1) is 11.6 Å². The summed E-state index contributed by atoms with van der Waals surface area (Å²) >= 11 is 5.99. The van der Waals surface area contributed by atoms with Crippen LogP contribution >= 0.6 is 11.6 Å². The van der Waals surface area contributed by atoms with Gasteiger partial charge in [0.1, 0.15) is 18.5 Å². The maximum Gasteiger partial charge on any atom is 0.338 e. The number of carbonyl (C=O) groups is 3. The number of aromatic amines is 1. The molecule has 1 aromatic heterocycles. The Labute approximate surface area is 218 Å². The first-order chi connectivity index (χ1) is 18.0. The van der Waals surface area contributed by atoms with Crippen molar-refractivity contribution in [2.45, 2.75) is 25.1 Å². The molecular formula is C29H25ClN2O5. The fraction of sp³-hybridized carbons (Fsp3) is 0.207. The van der Waals surface area contributed by atoms with Gasteiger partial charge in [-0.25, -0.2) is 9.59 Å². The predicted molar refractivity (Wildman–Crippen MR) is 139 cm³/mol. The largest absolute Gasteiger partial charge is 0.467 e. The Bertz CT molecular complexity index is 1450. The van der Waals surface area contributed by atoms with Gasteiger partial charge in [-0.2, -0.15) is 0 Å². The lowest BCUT2D eigenvalue weighted by atomic mass is 9.87. The van der Waals surface area contributed by atoms with Crippen LogP contribution < -0.4 is 0 Å². The molecule has 37 heavy (non-hydrogen) atoms. The number of aromatic nitrogens is 1. The number of esters is 2. The second kappa shape index (κ2) is 10.5. The minimum Gasteiger partial charge on any atom is -0.467 e. The topological polar surface area (TPSA) is 88.7 Å². The number of rotatable bonds is 6. The molecular weight excluding hydrogens is 492 g/mol. The summed E-state index contributed by atoms with van der Waals surface area (Å²) in [6.07, 6.45) is 0.301. The predicted octanol–water partition coefficient (Wildman–Crippen LogP) is 4.78. The van der Waals surface area contributed by atoms with Crippen molar-refractivity contribution in [3.8, 4) is 0 Å². The average molecular weight is 517 g/mol. The van der Waals surface area contributed by atoms with E-state index >= 15 is 0 Å². The van der Waals surface area contributed by atoms with E-state index < -0.39 is 29.9 Å². The summed E-state index contributed by atoms with van der Waals surface area (Å²) in [5, 5.41) is 0.982. The smallest absolute Gasteiger partial charge is 0.338 e. The van der Waals surface area contributed by atoms with Gasteiger partial charge >= 0.3 is 11.9 Å². The number of nitrogens with one attached hydrogen (secondary N) is 1. The van der Waals surface area contributed by atoms with E-state index in [1.807, 2.05) is 54.6 Å². The number of amides is 1. The summed E-state index contributed by atoms with van der Waals surface area (Å²) in [7, 11) is 1.31. The van der Waals surface area contributed by atoms with Gasteiger partial charge in [0.2, 0.25) is 5.91 Å². The van der Waals surface area contributed by atoms with Crippen LogP contribution in [0.1, 0.15) is 38.8 Å². The molecule has 1 N–H and O–H groups in total. The number of carbonyl (C=O) groups excluding carboxylic acids is 3. The molecule has 1 aliphatic rings. The van der Waals surface area contributed by atoms with Gasteiger partial charge in [-0.3, -0.25) is 4.79 Å². The first-order valence-corrected chi connectivity index (χ1v) is 12.4. The van der Waals surface area contributed by atoms with E-state index in [1.165, 1.54) is 12.0 Å². The zero-order chi connectivity index (χ0) is 25.9. The molecule has 0 spiro atoms. The van der Waals surface area contributed by atoms with Crippen LogP contribution in [-0.4, -0.2) is 46.8 Å². The highest BCUT2D eigenvalue weighted by atomic mass is 35.5. The first kappa shape index (κ1) is 24.6. The van der Waals surface area contributed by atoms with Gasteiger partial charge in [0.15, 0.2) is 0 Å². The van der Waals surface area contributed by atoms with E-state index in [4.69, 9.17) is 21.1 Å². The Morgan fingerprint density at radius 2 is 1.68 bits per heavy atom. The van der Waals surface area contributed by atoms with Gasteiger partial charge in [0, 0.05) is 23.0 Å². The molecule has 0 saturated carbocycles. The number of alkyl halides is 1. The third kappa shape index (κ3) is 4.70. The summed E-state index contributed by atoms with van der Waals surface area (Å²) < 4.78 is 10.5. The average Bonchev–Trinajstić information content (AvgIpc) is 3.33. The Morgan fingerprint density at radius 3 is 2.38 bits per heavy atom. The highest BCUT2D eigenvalue weighted by Crippen LogP contribution is 2.41. The molecule has 1 aliphatic heterocycles. The van der Waals surface area contributed by atoms with E-state index in [-0.39, 0.29) is 12.5 Å². The summed E-state index contributed by atoms with van der Waals surface area (Å²) in [6.45, 7) is 0.168. The number of hydrogen-bond acceptors (Lipinski definition) is 5. The van der Waals surface area contributed by atoms with Crippen LogP contribution in [0.2, 0.25) is 0 Å². The van der Waals surface area contributed by atoms with Crippen LogP contribution in [0.25, 0.3) is 10.9 Å². The number of methoxy groups -OCH3 is 1.